The van der Waals surface area contributed by atoms with Gasteiger partial charge in [-0.15, -0.1) is 0 Å². The third-order valence-corrected chi connectivity index (χ3v) is 5.91. The Morgan fingerprint density at radius 1 is 1.00 bits per heavy atom. The van der Waals surface area contributed by atoms with Crippen molar-refractivity contribution in [3.8, 4) is 0 Å². The molecule has 0 spiro atoms. The van der Waals surface area contributed by atoms with E-state index in [1.807, 2.05) is 59.5 Å². The highest BCUT2D eigenvalue weighted by atomic mass is 16.2. The summed E-state index contributed by atoms with van der Waals surface area (Å²) in [6.45, 7) is 1.51. The van der Waals surface area contributed by atoms with E-state index in [1.54, 1.807) is 25.2 Å². The van der Waals surface area contributed by atoms with E-state index in [4.69, 9.17) is 0 Å². The fourth-order valence-electron chi connectivity index (χ4n) is 4.15. The maximum absolute atomic E-state index is 13.1. The second-order valence-corrected chi connectivity index (χ2v) is 8.22. The van der Waals surface area contributed by atoms with E-state index in [1.165, 1.54) is 5.56 Å². The van der Waals surface area contributed by atoms with Gasteiger partial charge in [0.25, 0.3) is 11.8 Å². The number of pyridine rings is 1. The van der Waals surface area contributed by atoms with Crippen LogP contribution in [-0.2, 0) is 6.42 Å². The fraction of sp³-hybridized carbons (Fsp3) is 0.320. The van der Waals surface area contributed by atoms with Crippen LogP contribution in [0.15, 0.2) is 60.8 Å². The summed E-state index contributed by atoms with van der Waals surface area (Å²) >= 11 is 0. The Labute approximate surface area is 177 Å². The lowest BCUT2D eigenvalue weighted by Gasteiger charge is -2.32. The lowest BCUT2D eigenvalue weighted by atomic mass is 9.89. The molecular formula is C25H27N3O2. The average Bonchev–Trinajstić information content (AvgIpc) is 2.78. The molecule has 0 N–H and O–H groups in total. The minimum absolute atomic E-state index is 0.0235. The average molecular weight is 402 g/mol. The quantitative estimate of drug-likeness (QED) is 0.663. The minimum Gasteiger partial charge on any atom is -0.345 e. The highest BCUT2D eigenvalue weighted by molar-refractivity contribution is 6.05. The first-order valence-electron chi connectivity index (χ1n) is 10.5. The molecule has 1 saturated heterocycles. The number of rotatable bonds is 4. The molecule has 1 fully saturated rings. The Morgan fingerprint density at radius 3 is 2.40 bits per heavy atom. The van der Waals surface area contributed by atoms with E-state index in [0.717, 1.165) is 43.1 Å². The molecule has 154 valence electrons. The first kappa shape index (κ1) is 20.1. The third-order valence-electron chi connectivity index (χ3n) is 5.91. The smallest absolute Gasteiger partial charge is 0.273 e. The molecule has 5 heteroatoms. The van der Waals surface area contributed by atoms with Crippen LogP contribution in [-0.4, -0.2) is 53.8 Å². The molecule has 0 atom stereocenters. The van der Waals surface area contributed by atoms with Gasteiger partial charge in [-0.1, -0.05) is 36.4 Å². The molecule has 2 heterocycles. The van der Waals surface area contributed by atoms with Gasteiger partial charge in [-0.05, 0) is 54.3 Å². The number of carbonyl (C=O) groups excluding carboxylic acids is 2. The SMILES string of the molecule is CN(C)C(=O)c1ccc(CC2CCN(C(=O)c3nccc4ccccc34)CC2)cc1. The summed E-state index contributed by atoms with van der Waals surface area (Å²) in [6, 6.07) is 17.8. The molecule has 3 aromatic rings. The summed E-state index contributed by atoms with van der Waals surface area (Å²) < 4.78 is 0. The van der Waals surface area contributed by atoms with Crippen LogP contribution in [0.5, 0.6) is 0 Å². The molecule has 0 unspecified atom stereocenters. The molecule has 0 radical (unpaired) electrons. The van der Waals surface area contributed by atoms with Crippen molar-refractivity contribution in [2.75, 3.05) is 27.2 Å². The number of hydrogen-bond donors (Lipinski definition) is 0. The van der Waals surface area contributed by atoms with Crippen LogP contribution in [0.4, 0.5) is 0 Å². The zero-order valence-corrected chi connectivity index (χ0v) is 17.5. The molecule has 1 aliphatic heterocycles. The predicted molar refractivity (Wildman–Crippen MR) is 119 cm³/mol. The maximum atomic E-state index is 13.1. The summed E-state index contributed by atoms with van der Waals surface area (Å²) in [5.74, 6) is 0.595. The van der Waals surface area contributed by atoms with E-state index in [9.17, 15) is 9.59 Å². The largest absolute Gasteiger partial charge is 0.345 e. The second kappa shape index (κ2) is 8.66. The van der Waals surface area contributed by atoms with E-state index < -0.39 is 0 Å². The number of nitrogens with zero attached hydrogens (tertiary/aromatic N) is 3. The van der Waals surface area contributed by atoms with Crippen molar-refractivity contribution < 1.29 is 9.59 Å². The summed E-state index contributed by atoms with van der Waals surface area (Å²) in [5, 5.41) is 1.96. The Kier molecular flexibility index (Phi) is 5.79. The number of hydrogen-bond acceptors (Lipinski definition) is 3. The van der Waals surface area contributed by atoms with E-state index >= 15 is 0 Å². The predicted octanol–water partition coefficient (Wildman–Crippen LogP) is 4.03. The lowest BCUT2D eigenvalue weighted by molar-refractivity contribution is 0.0686. The van der Waals surface area contributed by atoms with Gasteiger partial charge in [-0.3, -0.25) is 14.6 Å². The molecule has 5 nitrogen and oxygen atoms in total. The van der Waals surface area contributed by atoms with Crippen molar-refractivity contribution in [2.45, 2.75) is 19.3 Å². The number of carbonyl (C=O) groups is 2. The topological polar surface area (TPSA) is 53.5 Å². The highest BCUT2D eigenvalue weighted by Gasteiger charge is 2.25. The summed E-state index contributed by atoms with van der Waals surface area (Å²) in [6.07, 6.45) is 4.65. The van der Waals surface area contributed by atoms with Crippen LogP contribution < -0.4 is 0 Å². The van der Waals surface area contributed by atoms with Gasteiger partial charge in [0.2, 0.25) is 0 Å². The first-order valence-corrected chi connectivity index (χ1v) is 10.5. The van der Waals surface area contributed by atoms with Crippen molar-refractivity contribution in [1.82, 2.24) is 14.8 Å². The number of benzene rings is 2. The van der Waals surface area contributed by atoms with Crippen LogP contribution in [0.25, 0.3) is 10.8 Å². The van der Waals surface area contributed by atoms with Gasteiger partial charge in [0.05, 0.1) is 0 Å². The number of piperidine rings is 1. The normalized spacial score (nSPS) is 14.7. The fourth-order valence-corrected chi connectivity index (χ4v) is 4.15. The molecular weight excluding hydrogens is 374 g/mol. The van der Waals surface area contributed by atoms with E-state index in [2.05, 4.69) is 4.98 Å². The molecule has 1 aliphatic rings. The van der Waals surface area contributed by atoms with Crippen LogP contribution >= 0.6 is 0 Å². The standard InChI is InChI=1S/C25H27N3O2/c1-27(2)24(29)21-9-7-18(8-10-21)17-19-12-15-28(16-13-19)25(30)23-22-6-4-3-5-20(22)11-14-26-23/h3-11,14,19H,12-13,15-17H2,1-2H3. The Morgan fingerprint density at radius 2 is 1.70 bits per heavy atom. The lowest BCUT2D eigenvalue weighted by Crippen LogP contribution is -2.39. The van der Waals surface area contributed by atoms with Crippen LogP contribution in [0, 0.1) is 5.92 Å². The molecule has 1 aromatic heterocycles. The van der Waals surface area contributed by atoms with Crippen molar-refractivity contribution >= 4 is 22.6 Å². The summed E-state index contributed by atoms with van der Waals surface area (Å²) in [5.41, 5.74) is 2.50. The number of fused-ring (bicyclic) bond motifs is 1. The zero-order chi connectivity index (χ0) is 21.1. The number of aromatic nitrogens is 1. The summed E-state index contributed by atoms with van der Waals surface area (Å²) in [7, 11) is 3.53. The van der Waals surface area contributed by atoms with Gasteiger partial charge in [-0.25, -0.2) is 0 Å². The number of likely N-dealkylation sites (tertiary alicyclic amines) is 1. The van der Waals surface area contributed by atoms with Gasteiger partial charge >= 0.3 is 0 Å². The Balaban J connectivity index is 1.37. The van der Waals surface area contributed by atoms with E-state index in [0.29, 0.717) is 17.2 Å². The Hall–Kier alpha value is -3.21. The molecule has 0 bridgehead atoms. The van der Waals surface area contributed by atoms with Gasteiger partial charge in [-0.2, -0.15) is 0 Å². The Bertz CT molecular complexity index is 1050. The molecule has 4 rings (SSSR count). The molecule has 30 heavy (non-hydrogen) atoms. The zero-order valence-electron chi connectivity index (χ0n) is 17.5. The van der Waals surface area contributed by atoms with Gasteiger partial charge in [0.1, 0.15) is 5.69 Å². The van der Waals surface area contributed by atoms with Crippen LogP contribution in [0.3, 0.4) is 0 Å². The maximum Gasteiger partial charge on any atom is 0.273 e. The van der Waals surface area contributed by atoms with Crippen molar-refractivity contribution in [1.29, 1.82) is 0 Å². The molecule has 2 amide bonds. The first-order chi connectivity index (χ1) is 14.5. The van der Waals surface area contributed by atoms with Gasteiger partial charge < -0.3 is 9.80 Å². The summed E-state index contributed by atoms with van der Waals surface area (Å²) in [4.78, 5) is 33.0. The molecule has 0 saturated carbocycles. The third kappa shape index (κ3) is 4.20. The highest BCUT2D eigenvalue weighted by Crippen LogP contribution is 2.25. The van der Waals surface area contributed by atoms with Crippen molar-refractivity contribution in [2.24, 2.45) is 5.92 Å². The van der Waals surface area contributed by atoms with Crippen molar-refractivity contribution in [3.63, 3.8) is 0 Å². The van der Waals surface area contributed by atoms with Gasteiger partial charge in [0.15, 0.2) is 0 Å². The van der Waals surface area contributed by atoms with Crippen LogP contribution in [0.2, 0.25) is 0 Å². The molecule has 0 aliphatic carbocycles. The monoisotopic (exact) mass is 401 g/mol. The molecule has 2 aromatic carbocycles. The second-order valence-electron chi connectivity index (χ2n) is 8.22. The number of amides is 2. The van der Waals surface area contributed by atoms with Crippen molar-refractivity contribution in [3.05, 3.63) is 77.6 Å². The van der Waals surface area contributed by atoms with Gasteiger partial charge in [0, 0.05) is 44.3 Å². The van der Waals surface area contributed by atoms with E-state index in [-0.39, 0.29) is 11.8 Å². The van der Waals surface area contributed by atoms with Crippen LogP contribution in [0.1, 0.15) is 39.3 Å². The minimum atomic E-state index is 0.0235.